The van der Waals surface area contributed by atoms with E-state index in [0.717, 1.165) is 5.56 Å². The van der Waals surface area contributed by atoms with Gasteiger partial charge in [-0.1, -0.05) is 6.07 Å². The highest BCUT2D eigenvalue weighted by molar-refractivity contribution is 5.93. The van der Waals surface area contributed by atoms with Crippen molar-refractivity contribution in [2.45, 2.75) is 25.8 Å². The number of benzene rings is 1. The number of carboxylic acid groups (broad SMARTS) is 1. The van der Waals surface area contributed by atoms with Gasteiger partial charge in [-0.05, 0) is 43.5 Å². The number of methoxy groups -OCH3 is 1. The van der Waals surface area contributed by atoms with E-state index in [9.17, 15) is 9.59 Å². The quantitative estimate of drug-likeness (QED) is 0.713. The Morgan fingerprint density at radius 3 is 2.65 bits per heavy atom. The monoisotopic (exact) mass is 363 g/mol. The number of amides is 1. The van der Waals surface area contributed by atoms with Gasteiger partial charge in [-0.15, -0.1) is 0 Å². The molecule has 0 bridgehead atoms. The van der Waals surface area contributed by atoms with Gasteiger partial charge in [0.05, 0.1) is 13.7 Å². The smallest absolute Gasteiger partial charge is 0.323 e. The number of carboxylic acids is 1. The van der Waals surface area contributed by atoms with Crippen molar-refractivity contribution in [3.8, 4) is 11.5 Å². The molecule has 1 saturated heterocycles. The Hall–Kier alpha value is -2.54. The highest BCUT2D eigenvalue weighted by Crippen LogP contribution is 2.28. The largest absolute Gasteiger partial charge is 0.493 e. The van der Waals surface area contributed by atoms with Gasteiger partial charge in [-0.3, -0.25) is 9.59 Å². The minimum Gasteiger partial charge on any atom is -0.493 e. The van der Waals surface area contributed by atoms with E-state index in [1.54, 1.807) is 25.3 Å². The molecule has 0 unspecified atom stereocenters. The number of hydrogen-bond acceptors (Lipinski definition) is 5. The van der Waals surface area contributed by atoms with Crippen LogP contribution in [0.1, 0.15) is 25.3 Å². The number of aliphatic carboxylic acids is 1. The lowest BCUT2D eigenvalue weighted by Gasteiger charge is -2.32. The van der Waals surface area contributed by atoms with E-state index in [2.05, 4.69) is 0 Å². The Balaban J connectivity index is 2.12. The van der Waals surface area contributed by atoms with Crippen LogP contribution in [0.4, 0.5) is 0 Å². The lowest BCUT2D eigenvalue weighted by atomic mass is 10.1. The van der Waals surface area contributed by atoms with Gasteiger partial charge in [0.1, 0.15) is 6.54 Å². The molecule has 2 rings (SSSR count). The zero-order valence-corrected chi connectivity index (χ0v) is 15.1. The van der Waals surface area contributed by atoms with Crippen molar-refractivity contribution in [2.24, 2.45) is 0 Å². The molecule has 1 heterocycles. The average Bonchev–Trinajstić information content (AvgIpc) is 2.65. The number of carbonyl (C=O) groups excluding carboxylic acids is 1. The molecular formula is C19H25NO6. The van der Waals surface area contributed by atoms with E-state index in [-0.39, 0.29) is 18.5 Å². The first-order valence-electron chi connectivity index (χ1n) is 8.64. The van der Waals surface area contributed by atoms with Gasteiger partial charge >= 0.3 is 5.97 Å². The molecule has 1 fully saturated rings. The van der Waals surface area contributed by atoms with Crippen molar-refractivity contribution >= 4 is 18.0 Å². The van der Waals surface area contributed by atoms with Crippen LogP contribution in [0.25, 0.3) is 6.08 Å². The maximum Gasteiger partial charge on any atom is 0.323 e. The van der Waals surface area contributed by atoms with Crippen LogP contribution in [0.3, 0.4) is 0 Å². The molecule has 142 valence electrons. The van der Waals surface area contributed by atoms with Crippen LogP contribution in [0, 0.1) is 0 Å². The Morgan fingerprint density at radius 1 is 1.31 bits per heavy atom. The van der Waals surface area contributed by atoms with E-state index in [4.69, 9.17) is 19.3 Å². The molecule has 1 amide bonds. The molecule has 1 N–H and O–H groups in total. The Kier molecular flexibility index (Phi) is 7.47. The Morgan fingerprint density at radius 2 is 2.04 bits per heavy atom. The average molecular weight is 363 g/mol. The molecule has 1 aromatic carbocycles. The van der Waals surface area contributed by atoms with Gasteiger partial charge in [-0.2, -0.15) is 0 Å². The maximum absolute atomic E-state index is 12.6. The number of nitrogens with zero attached hydrogens (tertiary/aromatic N) is 1. The van der Waals surface area contributed by atoms with E-state index in [1.807, 2.05) is 13.0 Å². The molecular weight excluding hydrogens is 338 g/mol. The highest BCUT2D eigenvalue weighted by Gasteiger charge is 2.26. The minimum absolute atomic E-state index is 0.119. The Bertz CT molecular complexity index is 651. The van der Waals surface area contributed by atoms with E-state index < -0.39 is 5.97 Å². The van der Waals surface area contributed by atoms with E-state index in [1.165, 1.54) is 11.0 Å². The molecule has 1 aromatic rings. The highest BCUT2D eigenvalue weighted by atomic mass is 16.5. The molecule has 0 aromatic heterocycles. The SMILES string of the molecule is CCOc1ccc(C=CC(=O)N(CC(=O)O)C2CCOCC2)cc1OC. The van der Waals surface area contributed by atoms with E-state index >= 15 is 0 Å². The lowest BCUT2D eigenvalue weighted by molar-refractivity contribution is -0.145. The first-order valence-corrected chi connectivity index (χ1v) is 8.64. The minimum atomic E-state index is -1.03. The summed E-state index contributed by atoms with van der Waals surface area (Å²) in [5.74, 6) is -0.144. The summed E-state index contributed by atoms with van der Waals surface area (Å²) >= 11 is 0. The zero-order valence-electron chi connectivity index (χ0n) is 15.1. The number of rotatable bonds is 8. The summed E-state index contributed by atoms with van der Waals surface area (Å²) in [6.45, 7) is 3.17. The molecule has 0 saturated carbocycles. The molecule has 26 heavy (non-hydrogen) atoms. The first kappa shape index (κ1) is 19.8. The van der Waals surface area contributed by atoms with Crippen molar-refractivity contribution in [1.82, 2.24) is 4.90 Å². The van der Waals surface area contributed by atoms with Gasteiger partial charge in [0, 0.05) is 25.3 Å². The summed E-state index contributed by atoms with van der Waals surface area (Å²) < 4.78 is 16.1. The van der Waals surface area contributed by atoms with Gasteiger partial charge in [-0.25, -0.2) is 0 Å². The summed E-state index contributed by atoms with van der Waals surface area (Å²) in [7, 11) is 1.55. The van der Waals surface area contributed by atoms with Crippen LogP contribution < -0.4 is 9.47 Å². The molecule has 1 aliphatic rings. The standard InChI is InChI=1S/C19H25NO6/c1-3-26-16-6-4-14(12-17(16)24-2)5-7-18(21)20(13-19(22)23)15-8-10-25-11-9-15/h4-7,12,15H,3,8-11,13H2,1-2H3,(H,22,23). The third-order valence-electron chi connectivity index (χ3n) is 4.13. The molecule has 0 atom stereocenters. The molecule has 7 heteroatoms. The molecule has 7 nitrogen and oxygen atoms in total. The number of ether oxygens (including phenoxy) is 3. The van der Waals surface area contributed by atoms with Crippen LogP contribution in [0.2, 0.25) is 0 Å². The topological polar surface area (TPSA) is 85.3 Å². The molecule has 0 aliphatic carbocycles. The van der Waals surface area contributed by atoms with Crippen molar-refractivity contribution in [1.29, 1.82) is 0 Å². The summed E-state index contributed by atoms with van der Waals surface area (Å²) in [6.07, 6.45) is 4.33. The summed E-state index contributed by atoms with van der Waals surface area (Å²) in [4.78, 5) is 25.1. The van der Waals surface area contributed by atoms with Crippen LogP contribution in [0.5, 0.6) is 11.5 Å². The third kappa shape index (κ3) is 5.49. The fourth-order valence-corrected chi connectivity index (χ4v) is 2.86. The summed E-state index contributed by atoms with van der Waals surface area (Å²) in [5.41, 5.74) is 0.765. The molecule has 0 radical (unpaired) electrons. The predicted octanol–water partition coefficient (Wildman–Crippen LogP) is 2.20. The van der Waals surface area contributed by atoms with Gasteiger partial charge in [0.15, 0.2) is 11.5 Å². The summed E-state index contributed by atoms with van der Waals surface area (Å²) in [6, 6.07) is 5.24. The van der Waals surface area contributed by atoms with Crippen LogP contribution in [0.15, 0.2) is 24.3 Å². The molecule has 1 aliphatic heterocycles. The van der Waals surface area contributed by atoms with Gasteiger partial charge in [0.25, 0.3) is 0 Å². The van der Waals surface area contributed by atoms with Crippen LogP contribution in [-0.4, -0.2) is 61.4 Å². The second kappa shape index (κ2) is 9.82. The number of hydrogen-bond donors (Lipinski definition) is 1. The Labute approximate surface area is 153 Å². The summed E-state index contributed by atoms with van der Waals surface area (Å²) in [5, 5.41) is 9.12. The second-order valence-corrected chi connectivity index (χ2v) is 5.88. The fourth-order valence-electron chi connectivity index (χ4n) is 2.86. The zero-order chi connectivity index (χ0) is 18.9. The van der Waals surface area contributed by atoms with Crippen molar-refractivity contribution in [2.75, 3.05) is 33.5 Å². The third-order valence-corrected chi connectivity index (χ3v) is 4.13. The normalized spacial score (nSPS) is 15.0. The molecule has 0 spiro atoms. The maximum atomic E-state index is 12.6. The number of carbonyl (C=O) groups is 2. The van der Waals surface area contributed by atoms with Gasteiger partial charge < -0.3 is 24.2 Å². The van der Waals surface area contributed by atoms with E-state index in [0.29, 0.717) is 44.2 Å². The lowest BCUT2D eigenvalue weighted by Crippen LogP contribution is -2.45. The van der Waals surface area contributed by atoms with Crippen LogP contribution in [-0.2, 0) is 14.3 Å². The fraction of sp³-hybridized carbons (Fsp3) is 0.474. The predicted molar refractivity (Wildman–Crippen MR) is 96.4 cm³/mol. The second-order valence-electron chi connectivity index (χ2n) is 5.88. The van der Waals surface area contributed by atoms with Gasteiger partial charge in [0.2, 0.25) is 5.91 Å². The van der Waals surface area contributed by atoms with Crippen LogP contribution >= 0.6 is 0 Å². The first-order chi connectivity index (χ1) is 12.5. The van der Waals surface area contributed by atoms with Crippen molar-refractivity contribution < 1.29 is 28.9 Å². The van der Waals surface area contributed by atoms with Crippen molar-refractivity contribution in [3.05, 3.63) is 29.8 Å². The van der Waals surface area contributed by atoms with Crippen molar-refractivity contribution in [3.63, 3.8) is 0 Å².